The molecule has 1 heteroatoms. The van der Waals surface area contributed by atoms with Crippen LogP contribution in [0.1, 0.15) is 25.0 Å². The minimum atomic E-state index is -0.181. The second-order valence-electron chi connectivity index (χ2n) is 17.1. The highest BCUT2D eigenvalue weighted by molar-refractivity contribution is 7.27. The average Bonchev–Trinajstić information content (AvgIpc) is 3.80. The first-order valence-electron chi connectivity index (χ1n) is 21.0. The number of thiophene rings is 1. The summed E-state index contributed by atoms with van der Waals surface area (Å²) < 4.78 is 2.71. The summed E-state index contributed by atoms with van der Waals surface area (Å²) in [7, 11) is 0. The highest BCUT2D eigenvalue weighted by Gasteiger charge is 2.36. The Morgan fingerprint density at radius 1 is 0.333 bits per heavy atom. The Labute approximate surface area is 352 Å². The first kappa shape index (κ1) is 33.9. The first-order chi connectivity index (χ1) is 29.5. The Bertz CT molecular complexity index is 3740. The number of rotatable bonds is 3. The molecule has 0 spiro atoms. The van der Waals surface area contributed by atoms with Crippen LogP contribution < -0.4 is 0 Å². The van der Waals surface area contributed by atoms with Gasteiger partial charge in [0.2, 0.25) is 0 Å². The fourth-order valence-electron chi connectivity index (χ4n) is 10.8. The van der Waals surface area contributed by atoms with E-state index in [0.29, 0.717) is 0 Å². The minimum Gasteiger partial charge on any atom is -0.135 e. The van der Waals surface area contributed by atoms with Crippen LogP contribution in [0.4, 0.5) is 0 Å². The zero-order valence-corrected chi connectivity index (χ0v) is 34.2. The number of hydrogen-bond donors (Lipinski definition) is 0. The molecule has 0 N–H and O–H groups in total. The molecule has 1 aliphatic carbocycles. The predicted molar refractivity (Wildman–Crippen MR) is 261 cm³/mol. The van der Waals surface area contributed by atoms with Crippen molar-refractivity contribution in [2.75, 3.05) is 0 Å². The molecule has 1 aromatic heterocycles. The van der Waals surface area contributed by atoms with E-state index in [9.17, 15) is 0 Å². The molecule has 0 bridgehead atoms. The topological polar surface area (TPSA) is 0 Å². The molecule has 60 heavy (non-hydrogen) atoms. The SMILES string of the molecule is CC1(C)c2cc(-c3ccc4sc5c6ccccc6c6ccccc6c5c4c3)ccc2-c2ccc(-c3c4ccccc4c(-c4cccc5ccccc45)c4ccccc34)cc21. The summed E-state index contributed by atoms with van der Waals surface area (Å²) in [6.45, 7) is 4.83. The van der Waals surface area contributed by atoms with Crippen LogP contribution >= 0.6 is 11.3 Å². The molecule has 0 saturated heterocycles. The summed E-state index contributed by atoms with van der Waals surface area (Å²) >= 11 is 1.92. The molecular weight excluding hydrogens is 741 g/mol. The number of fused-ring (bicyclic) bond motifs is 14. The minimum absolute atomic E-state index is 0.181. The van der Waals surface area contributed by atoms with Crippen molar-refractivity contribution in [2.45, 2.75) is 19.3 Å². The van der Waals surface area contributed by atoms with Gasteiger partial charge in [0.05, 0.1) is 0 Å². The summed E-state index contributed by atoms with van der Waals surface area (Å²) in [4.78, 5) is 0. The molecule has 0 radical (unpaired) electrons. The van der Waals surface area contributed by atoms with Gasteiger partial charge in [-0.05, 0) is 128 Å². The van der Waals surface area contributed by atoms with Crippen LogP contribution in [0.5, 0.6) is 0 Å². The maximum Gasteiger partial charge on any atom is 0.0440 e. The van der Waals surface area contributed by atoms with E-state index in [1.165, 1.54) is 130 Å². The Morgan fingerprint density at radius 2 is 0.817 bits per heavy atom. The lowest BCUT2D eigenvalue weighted by Crippen LogP contribution is -2.15. The van der Waals surface area contributed by atoms with Crippen molar-refractivity contribution in [1.29, 1.82) is 0 Å². The van der Waals surface area contributed by atoms with Crippen LogP contribution in [-0.2, 0) is 5.41 Å². The predicted octanol–water partition coefficient (Wildman–Crippen LogP) is 17.1. The Kier molecular flexibility index (Phi) is 7.04. The third-order valence-electron chi connectivity index (χ3n) is 13.6. The van der Waals surface area contributed by atoms with Crippen molar-refractivity contribution in [1.82, 2.24) is 0 Å². The van der Waals surface area contributed by atoms with Crippen LogP contribution in [0.2, 0.25) is 0 Å². The lowest BCUT2D eigenvalue weighted by molar-refractivity contribution is 0.661. The van der Waals surface area contributed by atoms with Crippen LogP contribution in [-0.4, -0.2) is 0 Å². The quantitative estimate of drug-likeness (QED) is 0.124. The van der Waals surface area contributed by atoms with E-state index in [4.69, 9.17) is 0 Å². The van der Waals surface area contributed by atoms with Gasteiger partial charge in [-0.1, -0.05) is 184 Å². The zero-order chi connectivity index (χ0) is 39.7. The Morgan fingerprint density at radius 3 is 1.50 bits per heavy atom. The van der Waals surface area contributed by atoms with E-state index >= 15 is 0 Å². The van der Waals surface area contributed by atoms with Crippen LogP contribution in [0, 0.1) is 0 Å². The molecule has 1 heterocycles. The maximum atomic E-state index is 2.50. The van der Waals surface area contributed by atoms with Crippen LogP contribution in [0.25, 0.3) is 119 Å². The second-order valence-corrected chi connectivity index (χ2v) is 18.2. The van der Waals surface area contributed by atoms with Crippen LogP contribution in [0.15, 0.2) is 194 Å². The zero-order valence-electron chi connectivity index (χ0n) is 33.4. The molecule has 13 rings (SSSR count). The van der Waals surface area contributed by atoms with Crippen molar-refractivity contribution in [3.05, 3.63) is 205 Å². The molecule has 0 nitrogen and oxygen atoms in total. The molecule has 280 valence electrons. The van der Waals surface area contributed by atoms with Gasteiger partial charge in [-0.25, -0.2) is 0 Å². The number of hydrogen-bond acceptors (Lipinski definition) is 1. The normalized spacial score (nSPS) is 13.3. The van der Waals surface area contributed by atoms with Gasteiger partial charge in [-0.15, -0.1) is 11.3 Å². The van der Waals surface area contributed by atoms with E-state index < -0.39 is 0 Å². The molecule has 0 unspecified atom stereocenters. The van der Waals surface area contributed by atoms with Crippen molar-refractivity contribution in [3.63, 3.8) is 0 Å². The summed E-state index contributed by atoms with van der Waals surface area (Å²) in [6.07, 6.45) is 0. The first-order valence-corrected chi connectivity index (χ1v) is 21.8. The lowest BCUT2D eigenvalue weighted by atomic mass is 9.80. The Hall–Kier alpha value is -7.06. The average molecular weight is 779 g/mol. The van der Waals surface area contributed by atoms with Gasteiger partial charge in [0.1, 0.15) is 0 Å². The van der Waals surface area contributed by atoms with Crippen molar-refractivity contribution >= 4 is 85.4 Å². The monoisotopic (exact) mass is 778 g/mol. The highest BCUT2D eigenvalue weighted by atomic mass is 32.1. The smallest absolute Gasteiger partial charge is 0.0440 e. The highest BCUT2D eigenvalue weighted by Crippen LogP contribution is 2.53. The van der Waals surface area contributed by atoms with Gasteiger partial charge >= 0.3 is 0 Å². The maximum absolute atomic E-state index is 2.50. The third-order valence-corrected chi connectivity index (χ3v) is 14.8. The van der Waals surface area contributed by atoms with E-state index in [2.05, 4.69) is 208 Å². The molecule has 1 aliphatic rings. The molecule has 11 aromatic carbocycles. The fourth-order valence-corrected chi connectivity index (χ4v) is 12.1. The Balaban J connectivity index is 0.962. The molecular formula is C59H38S. The molecule has 0 aliphatic heterocycles. The second kappa shape index (κ2) is 12.5. The summed E-state index contributed by atoms with van der Waals surface area (Å²) in [6, 6.07) is 73.0. The molecule has 12 aromatic rings. The summed E-state index contributed by atoms with van der Waals surface area (Å²) in [5.41, 5.74) is 12.9. The molecule has 0 atom stereocenters. The summed E-state index contributed by atoms with van der Waals surface area (Å²) in [5, 5.41) is 15.7. The molecule has 0 saturated carbocycles. The van der Waals surface area contributed by atoms with Crippen LogP contribution in [0.3, 0.4) is 0 Å². The standard InChI is InChI=1S/C59H38S/c1-59(2)52-33-37(36-28-31-54-51(32-36)57-45-19-7-5-17-40(45)41-18-6-12-24-50(41)58(57)60-54)26-29-42(52)43-30-27-38(34-53(43)59)55-46-20-8-10-22-48(46)56(49-23-11-9-21-47(49)55)44-25-13-15-35-14-3-4-16-39(35)44/h3-34H,1-2H3. The lowest BCUT2D eigenvalue weighted by Gasteiger charge is -2.23. The van der Waals surface area contributed by atoms with E-state index in [1.54, 1.807) is 0 Å². The van der Waals surface area contributed by atoms with Gasteiger partial charge in [0.25, 0.3) is 0 Å². The van der Waals surface area contributed by atoms with Crippen molar-refractivity contribution in [2.24, 2.45) is 0 Å². The van der Waals surface area contributed by atoms with E-state index in [1.807, 2.05) is 11.3 Å². The fraction of sp³-hybridized carbons (Fsp3) is 0.0508. The van der Waals surface area contributed by atoms with Crippen molar-refractivity contribution in [3.8, 4) is 44.5 Å². The molecule has 0 amide bonds. The van der Waals surface area contributed by atoms with Gasteiger partial charge in [-0.3, -0.25) is 0 Å². The van der Waals surface area contributed by atoms with Gasteiger partial charge in [0.15, 0.2) is 0 Å². The van der Waals surface area contributed by atoms with Gasteiger partial charge < -0.3 is 0 Å². The van der Waals surface area contributed by atoms with Gasteiger partial charge in [0, 0.05) is 31.0 Å². The van der Waals surface area contributed by atoms with E-state index in [0.717, 1.165) is 0 Å². The van der Waals surface area contributed by atoms with Crippen molar-refractivity contribution < 1.29 is 0 Å². The largest absolute Gasteiger partial charge is 0.135 e. The number of benzene rings is 11. The van der Waals surface area contributed by atoms with Gasteiger partial charge in [-0.2, -0.15) is 0 Å². The molecule has 0 fully saturated rings. The summed E-state index contributed by atoms with van der Waals surface area (Å²) in [5.74, 6) is 0. The van der Waals surface area contributed by atoms with E-state index in [-0.39, 0.29) is 5.41 Å². The third kappa shape index (κ3) is 4.67.